The van der Waals surface area contributed by atoms with Crippen LogP contribution < -0.4 is 16.6 Å². The van der Waals surface area contributed by atoms with Gasteiger partial charge in [0.1, 0.15) is 0 Å². The maximum absolute atomic E-state index is 13.8. The van der Waals surface area contributed by atoms with Gasteiger partial charge in [-0.3, -0.25) is 4.79 Å². The van der Waals surface area contributed by atoms with Gasteiger partial charge in [-0.25, -0.2) is 15.2 Å². The Labute approximate surface area is 119 Å². The molecule has 6 heteroatoms. The van der Waals surface area contributed by atoms with Crippen molar-refractivity contribution < 1.29 is 9.18 Å². The van der Waals surface area contributed by atoms with Gasteiger partial charge >= 0.3 is 0 Å². The number of carbonyl (C=O) groups is 1. The number of hydrogen-bond acceptors (Lipinski definition) is 4. The van der Waals surface area contributed by atoms with Gasteiger partial charge in [-0.2, -0.15) is 0 Å². The summed E-state index contributed by atoms with van der Waals surface area (Å²) >= 11 is 0. The maximum atomic E-state index is 13.8. The van der Waals surface area contributed by atoms with Gasteiger partial charge in [-0.1, -0.05) is 39.0 Å². The minimum atomic E-state index is -0.726. The number of pyridine rings is 1. The van der Waals surface area contributed by atoms with Crippen LogP contribution in [0, 0.1) is 5.82 Å². The van der Waals surface area contributed by atoms with Gasteiger partial charge in [0.15, 0.2) is 11.6 Å². The number of rotatable bonds is 9. The summed E-state index contributed by atoms with van der Waals surface area (Å²) in [6.07, 6.45) is 8.21. The minimum Gasteiger partial charge on any atom is -0.352 e. The van der Waals surface area contributed by atoms with E-state index in [1.807, 2.05) is 0 Å². The highest BCUT2D eigenvalue weighted by atomic mass is 19.1. The van der Waals surface area contributed by atoms with E-state index in [0.717, 1.165) is 12.8 Å². The molecular weight excluding hydrogens is 259 g/mol. The highest BCUT2D eigenvalue weighted by Gasteiger charge is 2.14. The molecule has 0 atom stereocenters. The van der Waals surface area contributed by atoms with Crippen LogP contribution in [-0.4, -0.2) is 17.4 Å². The Kier molecular flexibility index (Phi) is 7.57. The molecule has 0 radical (unpaired) electrons. The normalized spacial score (nSPS) is 10.3. The number of anilines is 1. The van der Waals surface area contributed by atoms with Crippen molar-refractivity contribution >= 4 is 11.7 Å². The lowest BCUT2D eigenvalue weighted by molar-refractivity contribution is 0.0949. The van der Waals surface area contributed by atoms with E-state index in [1.165, 1.54) is 37.9 Å². The molecular formula is C14H23FN4O. The van der Waals surface area contributed by atoms with Crippen LogP contribution in [0.3, 0.4) is 0 Å². The first-order valence-corrected chi connectivity index (χ1v) is 7.10. The largest absolute Gasteiger partial charge is 0.352 e. The summed E-state index contributed by atoms with van der Waals surface area (Å²) in [6.45, 7) is 2.73. The van der Waals surface area contributed by atoms with E-state index in [-0.39, 0.29) is 11.4 Å². The van der Waals surface area contributed by atoms with Crippen LogP contribution in [0.25, 0.3) is 0 Å². The van der Waals surface area contributed by atoms with Gasteiger partial charge in [-0.15, -0.1) is 0 Å². The molecule has 0 saturated heterocycles. The summed E-state index contributed by atoms with van der Waals surface area (Å²) in [7, 11) is 0. The maximum Gasteiger partial charge on any atom is 0.254 e. The second kappa shape index (κ2) is 9.25. The smallest absolute Gasteiger partial charge is 0.254 e. The van der Waals surface area contributed by atoms with E-state index in [9.17, 15) is 9.18 Å². The van der Waals surface area contributed by atoms with Crippen molar-refractivity contribution in [1.82, 2.24) is 10.3 Å². The lowest BCUT2D eigenvalue weighted by Crippen LogP contribution is -2.26. The first-order valence-electron chi connectivity index (χ1n) is 7.10. The van der Waals surface area contributed by atoms with E-state index >= 15 is 0 Å². The minimum absolute atomic E-state index is 0.0427. The van der Waals surface area contributed by atoms with Crippen molar-refractivity contribution in [3.8, 4) is 0 Å². The first kappa shape index (κ1) is 16.4. The van der Waals surface area contributed by atoms with E-state index in [0.29, 0.717) is 6.54 Å². The number of nitrogen functional groups attached to an aromatic ring is 1. The number of nitrogens with one attached hydrogen (secondary N) is 2. The van der Waals surface area contributed by atoms with Crippen molar-refractivity contribution in [2.75, 3.05) is 12.0 Å². The highest BCUT2D eigenvalue weighted by Crippen LogP contribution is 2.13. The molecule has 112 valence electrons. The summed E-state index contributed by atoms with van der Waals surface area (Å²) in [5, 5.41) is 2.71. The second-order valence-electron chi connectivity index (χ2n) is 4.69. The van der Waals surface area contributed by atoms with Crippen molar-refractivity contribution in [2.24, 2.45) is 5.84 Å². The van der Waals surface area contributed by atoms with Crippen LogP contribution in [-0.2, 0) is 0 Å². The average molecular weight is 282 g/mol. The molecule has 1 rings (SSSR count). The fourth-order valence-electron chi connectivity index (χ4n) is 1.92. The Morgan fingerprint density at radius 1 is 1.30 bits per heavy atom. The molecule has 0 bridgehead atoms. The standard InChI is InChI=1S/C14H23FN4O/c1-2-3-4-5-6-7-9-18-14(20)11-8-10-17-13(19-16)12(11)15/h8,10H,2-7,9,16H2,1H3,(H,17,19)(H,18,20). The number of unbranched alkanes of at least 4 members (excludes halogenated alkanes) is 5. The second-order valence-corrected chi connectivity index (χ2v) is 4.69. The van der Waals surface area contributed by atoms with Crippen molar-refractivity contribution in [2.45, 2.75) is 45.4 Å². The molecule has 4 N–H and O–H groups in total. The summed E-state index contributed by atoms with van der Waals surface area (Å²) in [6, 6.07) is 1.34. The molecule has 1 aromatic heterocycles. The van der Waals surface area contributed by atoms with Gasteiger partial charge in [0.25, 0.3) is 5.91 Å². The first-order chi connectivity index (χ1) is 9.70. The van der Waals surface area contributed by atoms with Gasteiger partial charge in [0.2, 0.25) is 0 Å². The quantitative estimate of drug-likeness (QED) is 0.369. The molecule has 0 aromatic carbocycles. The number of aromatic nitrogens is 1. The Balaban J connectivity index is 2.33. The summed E-state index contributed by atoms with van der Waals surface area (Å²) < 4.78 is 13.8. The van der Waals surface area contributed by atoms with Crippen LogP contribution in [0.4, 0.5) is 10.2 Å². The fraction of sp³-hybridized carbons (Fsp3) is 0.571. The number of halogens is 1. The Bertz CT molecular complexity index is 426. The zero-order valence-corrected chi connectivity index (χ0v) is 11.9. The molecule has 5 nitrogen and oxygen atoms in total. The van der Waals surface area contributed by atoms with Crippen LogP contribution in [0.1, 0.15) is 55.8 Å². The predicted octanol–water partition coefficient (Wildman–Crippen LogP) is 2.60. The molecule has 0 fully saturated rings. The summed E-state index contributed by atoms with van der Waals surface area (Å²) in [4.78, 5) is 15.5. The number of nitrogens with zero attached hydrogens (tertiary/aromatic N) is 1. The Morgan fingerprint density at radius 3 is 2.70 bits per heavy atom. The van der Waals surface area contributed by atoms with Gasteiger partial charge in [0.05, 0.1) is 5.56 Å². The molecule has 1 heterocycles. The zero-order chi connectivity index (χ0) is 14.8. The van der Waals surface area contributed by atoms with E-state index in [2.05, 4.69) is 22.7 Å². The molecule has 20 heavy (non-hydrogen) atoms. The van der Waals surface area contributed by atoms with Gasteiger partial charge < -0.3 is 10.7 Å². The predicted molar refractivity (Wildman–Crippen MR) is 77.7 cm³/mol. The Morgan fingerprint density at radius 2 is 2.00 bits per heavy atom. The third-order valence-electron chi connectivity index (χ3n) is 3.09. The molecule has 0 saturated carbocycles. The van der Waals surface area contributed by atoms with Crippen LogP contribution in [0.5, 0.6) is 0 Å². The van der Waals surface area contributed by atoms with Crippen LogP contribution in [0.2, 0.25) is 0 Å². The number of hydrogen-bond donors (Lipinski definition) is 3. The monoisotopic (exact) mass is 282 g/mol. The van der Waals surface area contributed by atoms with Crippen LogP contribution >= 0.6 is 0 Å². The number of amides is 1. The molecule has 0 aliphatic carbocycles. The van der Waals surface area contributed by atoms with Crippen molar-refractivity contribution in [3.63, 3.8) is 0 Å². The van der Waals surface area contributed by atoms with Crippen LogP contribution in [0.15, 0.2) is 12.3 Å². The fourth-order valence-corrected chi connectivity index (χ4v) is 1.92. The summed E-state index contributed by atoms with van der Waals surface area (Å²) in [5.74, 6) is 3.83. The topological polar surface area (TPSA) is 80.0 Å². The van der Waals surface area contributed by atoms with Gasteiger partial charge in [-0.05, 0) is 12.5 Å². The highest BCUT2D eigenvalue weighted by molar-refractivity contribution is 5.95. The van der Waals surface area contributed by atoms with E-state index in [4.69, 9.17) is 5.84 Å². The number of nitrogens with two attached hydrogens (primary N) is 1. The van der Waals surface area contributed by atoms with Crippen molar-refractivity contribution in [3.05, 3.63) is 23.6 Å². The number of carbonyl (C=O) groups excluding carboxylic acids is 1. The molecule has 0 aliphatic heterocycles. The van der Waals surface area contributed by atoms with E-state index in [1.54, 1.807) is 0 Å². The lowest BCUT2D eigenvalue weighted by Gasteiger charge is -2.08. The van der Waals surface area contributed by atoms with Crippen molar-refractivity contribution in [1.29, 1.82) is 0 Å². The third kappa shape index (κ3) is 5.13. The van der Waals surface area contributed by atoms with Gasteiger partial charge in [0, 0.05) is 12.7 Å². The molecule has 1 aromatic rings. The Hall–Kier alpha value is -1.69. The van der Waals surface area contributed by atoms with E-state index < -0.39 is 11.7 Å². The lowest BCUT2D eigenvalue weighted by atomic mass is 10.1. The third-order valence-corrected chi connectivity index (χ3v) is 3.09. The molecule has 1 amide bonds. The average Bonchev–Trinajstić information content (AvgIpc) is 2.46. The molecule has 0 unspecified atom stereocenters. The summed E-state index contributed by atoms with van der Waals surface area (Å²) in [5.41, 5.74) is 2.08. The number of hydrazine groups is 1. The SMILES string of the molecule is CCCCCCCCNC(=O)c1ccnc(NN)c1F. The zero-order valence-electron chi connectivity index (χ0n) is 11.9. The molecule has 0 aliphatic rings. The molecule has 0 spiro atoms.